The maximum atomic E-state index is 13.3. The van der Waals surface area contributed by atoms with Crippen LogP contribution >= 0.6 is 23.2 Å². The standard InChI is InChI=1S/C17H15Cl2FN2O2/c1-11(23)22(14-4-2-3-13(20)10-14)8-7-17(24)21-16-6-5-12(18)9-15(16)19/h2-6,9-10H,7-8H2,1H3,(H,21,24). The van der Waals surface area contributed by atoms with Gasteiger partial charge in [-0.25, -0.2) is 4.39 Å². The summed E-state index contributed by atoms with van der Waals surface area (Å²) in [5.74, 6) is -1.05. The zero-order valence-corrected chi connectivity index (χ0v) is 14.4. The number of amides is 2. The molecule has 2 aromatic carbocycles. The first kappa shape index (κ1) is 18.2. The zero-order chi connectivity index (χ0) is 17.7. The van der Waals surface area contributed by atoms with E-state index in [9.17, 15) is 14.0 Å². The molecular formula is C17H15Cl2FN2O2. The molecule has 2 rings (SSSR count). The van der Waals surface area contributed by atoms with Crippen molar-refractivity contribution < 1.29 is 14.0 Å². The molecule has 7 heteroatoms. The first-order chi connectivity index (χ1) is 11.4. The van der Waals surface area contributed by atoms with Gasteiger partial charge in [0.25, 0.3) is 0 Å². The summed E-state index contributed by atoms with van der Waals surface area (Å²) < 4.78 is 13.3. The van der Waals surface area contributed by atoms with E-state index in [1.165, 1.54) is 36.1 Å². The Balaban J connectivity index is 2.01. The molecular weight excluding hydrogens is 354 g/mol. The van der Waals surface area contributed by atoms with Crippen LogP contribution in [0.5, 0.6) is 0 Å². The molecule has 0 saturated carbocycles. The van der Waals surface area contributed by atoms with Crippen molar-refractivity contribution in [3.63, 3.8) is 0 Å². The highest BCUT2D eigenvalue weighted by Crippen LogP contribution is 2.25. The van der Waals surface area contributed by atoms with Gasteiger partial charge in [-0.2, -0.15) is 0 Å². The Bertz CT molecular complexity index is 768. The van der Waals surface area contributed by atoms with E-state index in [0.717, 1.165) is 0 Å². The third-order valence-electron chi connectivity index (χ3n) is 3.27. The highest BCUT2D eigenvalue weighted by Gasteiger charge is 2.14. The largest absolute Gasteiger partial charge is 0.325 e. The van der Waals surface area contributed by atoms with Crippen LogP contribution in [0.4, 0.5) is 15.8 Å². The van der Waals surface area contributed by atoms with Gasteiger partial charge in [-0.15, -0.1) is 0 Å². The van der Waals surface area contributed by atoms with Gasteiger partial charge >= 0.3 is 0 Å². The lowest BCUT2D eigenvalue weighted by Gasteiger charge is -2.21. The number of nitrogens with one attached hydrogen (secondary N) is 1. The molecule has 0 aliphatic carbocycles. The summed E-state index contributed by atoms with van der Waals surface area (Å²) in [6.07, 6.45) is 0.0368. The highest BCUT2D eigenvalue weighted by molar-refractivity contribution is 6.36. The van der Waals surface area contributed by atoms with E-state index in [2.05, 4.69) is 5.32 Å². The molecule has 0 fully saturated rings. The Morgan fingerprint density at radius 2 is 1.92 bits per heavy atom. The Hall–Kier alpha value is -2.11. The molecule has 1 N–H and O–H groups in total. The molecule has 0 spiro atoms. The van der Waals surface area contributed by atoms with Crippen molar-refractivity contribution in [3.05, 3.63) is 58.3 Å². The Kier molecular flexibility index (Phi) is 6.17. The predicted octanol–water partition coefficient (Wildman–Crippen LogP) is 4.51. The smallest absolute Gasteiger partial charge is 0.226 e. The summed E-state index contributed by atoms with van der Waals surface area (Å²) in [5, 5.41) is 3.44. The van der Waals surface area contributed by atoms with Crippen molar-refractivity contribution in [2.24, 2.45) is 0 Å². The second kappa shape index (κ2) is 8.13. The minimum atomic E-state index is -0.448. The van der Waals surface area contributed by atoms with Crippen LogP contribution in [0.1, 0.15) is 13.3 Å². The normalized spacial score (nSPS) is 10.3. The average molecular weight is 369 g/mol. The topological polar surface area (TPSA) is 49.4 Å². The van der Waals surface area contributed by atoms with E-state index in [-0.39, 0.29) is 24.8 Å². The Labute approximate surface area is 149 Å². The minimum Gasteiger partial charge on any atom is -0.325 e. The Morgan fingerprint density at radius 3 is 2.54 bits per heavy atom. The number of benzene rings is 2. The zero-order valence-electron chi connectivity index (χ0n) is 12.9. The highest BCUT2D eigenvalue weighted by atomic mass is 35.5. The summed E-state index contributed by atoms with van der Waals surface area (Å²) in [5.41, 5.74) is 0.839. The summed E-state index contributed by atoms with van der Waals surface area (Å²) in [6.45, 7) is 1.48. The first-order valence-corrected chi connectivity index (χ1v) is 7.91. The van der Waals surface area contributed by atoms with Crippen LogP contribution in [-0.2, 0) is 9.59 Å². The molecule has 2 amide bonds. The minimum absolute atomic E-state index is 0.0368. The van der Waals surface area contributed by atoms with Crippen LogP contribution in [0.2, 0.25) is 10.0 Å². The maximum Gasteiger partial charge on any atom is 0.226 e. The number of carbonyl (C=O) groups excluding carboxylic acids is 2. The number of anilines is 2. The summed E-state index contributed by atoms with van der Waals surface area (Å²) in [4.78, 5) is 25.2. The van der Waals surface area contributed by atoms with Crippen molar-refractivity contribution in [2.75, 3.05) is 16.8 Å². The SMILES string of the molecule is CC(=O)N(CCC(=O)Nc1ccc(Cl)cc1Cl)c1cccc(F)c1. The Morgan fingerprint density at radius 1 is 1.17 bits per heavy atom. The van der Waals surface area contributed by atoms with E-state index in [4.69, 9.17) is 23.2 Å². The van der Waals surface area contributed by atoms with Gasteiger partial charge in [-0.3, -0.25) is 9.59 Å². The van der Waals surface area contributed by atoms with Crippen molar-refractivity contribution in [1.82, 2.24) is 0 Å². The van der Waals surface area contributed by atoms with Crippen molar-refractivity contribution >= 4 is 46.4 Å². The van der Waals surface area contributed by atoms with Gasteiger partial charge in [0.05, 0.1) is 10.7 Å². The molecule has 0 unspecified atom stereocenters. The van der Waals surface area contributed by atoms with Gasteiger partial charge in [0.2, 0.25) is 11.8 Å². The van der Waals surface area contributed by atoms with Crippen LogP contribution < -0.4 is 10.2 Å². The van der Waals surface area contributed by atoms with Gasteiger partial charge < -0.3 is 10.2 Å². The monoisotopic (exact) mass is 368 g/mol. The molecule has 2 aromatic rings. The summed E-state index contributed by atoms with van der Waals surface area (Å²) >= 11 is 11.8. The molecule has 0 radical (unpaired) electrons. The number of carbonyl (C=O) groups is 2. The molecule has 0 aromatic heterocycles. The number of hydrogen-bond donors (Lipinski definition) is 1. The maximum absolute atomic E-state index is 13.3. The van der Waals surface area contributed by atoms with E-state index in [0.29, 0.717) is 21.4 Å². The molecule has 0 aliphatic heterocycles. The third-order valence-corrected chi connectivity index (χ3v) is 3.82. The van der Waals surface area contributed by atoms with Crippen LogP contribution in [0, 0.1) is 5.82 Å². The lowest BCUT2D eigenvalue weighted by molar-refractivity contribution is -0.117. The second-order valence-corrected chi connectivity index (χ2v) is 5.92. The van der Waals surface area contributed by atoms with E-state index in [1.807, 2.05) is 0 Å². The van der Waals surface area contributed by atoms with Crippen molar-refractivity contribution in [2.45, 2.75) is 13.3 Å². The van der Waals surface area contributed by atoms with Crippen molar-refractivity contribution in [1.29, 1.82) is 0 Å². The molecule has 0 heterocycles. The average Bonchev–Trinajstić information content (AvgIpc) is 2.50. The van der Waals surface area contributed by atoms with Gasteiger partial charge in [-0.1, -0.05) is 29.3 Å². The number of rotatable bonds is 5. The lowest BCUT2D eigenvalue weighted by atomic mass is 10.2. The second-order valence-electron chi connectivity index (χ2n) is 5.07. The van der Waals surface area contributed by atoms with Crippen LogP contribution in [0.3, 0.4) is 0 Å². The van der Waals surface area contributed by atoms with Gasteiger partial charge in [0.15, 0.2) is 0 Å². The molecule has 0 aliphatic rings. The number of nitrogens with zero attached hydrogens (tertiary/aromatic N) is 1. The third kappa shape index (κ3) is 4.94. The fourth-order valence-corrected chi connectivity index (χ4v) is 2.59. The van der Waals surface area contributed by atoms with Gasteiger partial charge in [-0.05, 0) is 36.4 Å². The van der Waals surface area contributed by atoms with E-state index >= 15 is 0 Å². The number of halogens is 3. The molecule has 0 atom stereocenters. The quantitative estimate of drug-likeness (QED) is 0.843. The fourth-order valence-electron chi connectivity index (χ4n) is 2.13. The van der Waals surface area contributed by atoms with E-state index in [1.54, 1.807) is 18.2 Å². The lowest BCUT2D eigenvalue weighted by Crippen LogP contribution is -2.32. The predicted molar refractivity (Wildman–Crippen MR) is 94.1 cm³/mol. The molecule has 0 saturated heterocycles. The first-order valence-electron chi connectivity index (χ1n) is 7.15. The van der Waals surface area contributed by atoms with Gasteiger partial charge in [0.1, 0.15) is 5.82 Å². The van der Waals surface area contributed by atoms with Crippen LogP contribution in [-0.4, -0.2) is 18.4 Å². The summed E-state index contributed by atoms with van der Waals surface area (Å²) in [7, 11) is 0. The molecule has 0 bridgehead atoms. The molecule has 24 heavy (non-hydrogen) atoms. The van der Waals surface area contributed by atoms with Gasteiger partial charge in [0, 0.05) is 30.6 Å². The number of hydrogen-bond acceptors (Lipinski definition) is 2. The van der Waals surface area contributed by atoms with Crippen LogP contribution in [0.25, 0.3) is 0 Å². The van der Waals surface area contributed by atoms with Crippen LogP contribution in [0.15, 0.2) is 42.5 Å². The molecule has 4 nitrogen and oxygen atoms in total. The van der Waals surface area contributed by atoms with Crippen molar-refractivity contribution in [3.8, 4) is 0 Å². The summed E-state index contributed by atoms with van der Waals surface area (Å²) in [6, 6.07) is 10.4. The fraction of sp³-hybridized carbons (Fsp3) is 0.176. The van der Waals surface area contributed by atoms with E-state index < -0.39 is 5.82 Å². The molecule has 126 valence electrons.